The first-order valence-corrected chi connectivity index (χ1v) is 24.2. The monoisotopic (exact) mass is 974 g/mol. The van der Waals surface area contributed by atoms with Crippen molar-refractivity contribution < 1.29 is 42.6 Å². The Morgan fingerprint density at radius 3 is 2.33 bits per heavy atom. The number of hydrogen-bond donors (Lipinski definition) is 5. The largest absolute Gasteiger partial charge is 0.457 e. The van der Waals surface area contributed by atoms with Crippen molar-refractivity contribution in [3.8, 4) is 11.4 Å². The molecule has 8 N–H and O–H groups in total. The number of nitrogens with zero attached hydrogens (tertiary/aromatic N) is 6. The maximum absolute atomic E-state index is 15.3. The molecule has 3 aliphatic heterocycles. The first kappa shape index (κ1) is 52.0. The van der Waals surface area contributed by atoms with Gasteiger partial charge in [-0.15, -0.1) is 0 Å². The summed E-state index contributed by atoms with van der Waals surface area (Å²) in [5.74, 6) is -5.61. The second-order valence-electron chi connectivity index (χ2n) is 19.7. The molecule has 0 radical (unpaired) electrons. The standard InChI is InChI=1S/C49H68FN11O9/c1-8-49(31-20-37-43-29(23-61(37)45(65)30(31)25-69-48(49)68)40-33(52)12-11-28-27(4)32(50)21-34(55-43)41(28)40)70-47(67)42(26(2)3)56-44(64)36-10-9-14-60(36)46(66)35(22-38(53)62)54-39(63)24-59(7)19-18-58(6)17-16-57(5)15-13-51/h20-21,26,33,35-36,42H,8-19,22-25,51-52H2,1-7H3,(H2,53,62)(H,54,63)(H,56,64)/t33-,35-,36-,42-,49-/m0/s1. The number of fused-ring (bicyclic) bond motifs is 5. The summed E-state index contributed by atoms with van der Waals surface area (Å²) < 4.78 is 28.5. The predicted molar refractivity (Wildman–Crippen MR) is 257 cm³/mol. The maximum Gasteiger partial charge on any atom is 0.355 e. The number of halogens is 1. The van der Waals surface area contributed by atoms with Gasteiger partial charge in [-0.3, -0.25) is 28.9 Å². The van der Waals surface area contributed by atoms with Gasteiger partial charge in [0.1, 0.15) is 30.5 Å². The Morgan fingerprint density at radius 2 is 1.67 bits per heavy atom. The van der Waals surface area contributed by atoms with Crippen molar-refractivity contribution in [3.63, 3.8) is 0 Å². The van der Waals surface area contributed by atoms with Gasteiger partial charge < -0.3 is 56.6 Å². The number of likely N-dealkylation sites (N-methyl/N-ethyl adjacent to an activating group) is 3. The zero-order chi connectivity index (χ0) is 50.9. The van der Waals surface area contributed by atoms with Gasteiger partial charge in [-0.25, -0.2) is 19.0 Å². The van der Waals surface area contributed by atoms with Gasteiger partial charge in [0.15, 0.2) is 0 Å². The van der Waals surface area contributed by atoms with Crippen molar-refractivity contribution in [3.05, 3.63) is 61.7 Å². The van der Waals surface area contributed by atoms with Crippen molar-refractivity contribution >= 4 is 46.5 Å². The van der Waals surface area contributed by atoms with Crippen LogP contribution in [0.15, 0.2) is 16.9 Å². The first-order valence-electron chi connectivity index (χ1n) is 24.2. The Kier molecular flexibility index (Phi) is 15.8. The number of pyridine rings is 2. The molecule has 0 saturated carbocycles. The first-order chi connectivity index (χ1) is 33.2. The fraction of sp³-hybridized carbons (Fsp3) is 0.592. The normalized spacial score (nSPS) is 20.1. The third-order valence-electron chi connectivity index (χ3n) is 14.4. The van der Waals surface area contributed by atoms with E-state index in [1.54, 1.807) is 45.7 Å². The molecule has 0 bridgehead atoms. The Bertz CT molecular complexity index is 2640. The number of likely N-dealkylation sites (tertiary alicyclic amines) is 1. The Morgan fingerprint density at radius 1 is 0.986 bits per heavy atom. The van der Waals surface area contributed by atoms with Gasteiger partial charge in [0.05, 0.1) is 42.0 Å². The molecule has 70 heavy (non-hydrogen) atoms. The minimum absolute atomic E-state index is 0.0704. The molecule has 5 heterocycles. The summed E-state index contributed by atoms with van der Waals surface area (Å²) in [4.78, 5) is 109. The highest BCUT2D eigenvalue weighted by molar-refractivity contribution is 5.97. The number of cyclic esters (lactones) is 1. The molecular weight excluding hydrogens is 906 g/mol. The van der Waals surface area contributed by atoms with Gasteiger partial charge in [-0.1, -0.05) is 20.8 Å². The lowest BCUT2D eigenvalue weighted by Gasteiger charge is -2.37. The number of hydrogen-bond acceptors (Lipinski definition) is 15. The van der Waals surface area contributed by atoms with E-state index in [9.17, 15) is 33.6 Å². The molecule has 21 heteroatoms. The van der Waals surface area contributed by atoms with E-state index >= 15 is 4.39 Å². The molecule has 380 valence electrons. The van der Waals surface area contributed by atoms with Crippen LogP contribution in [0.4, 0.5) is 4.39 Å². The van der Waals surface area contributed by atoms with Crippen molar-refractivity contribution in [2.75, 3.05) is 73.5 Å². The quantitative estimate of drug-likeness (QED) is 0.0745. The summed E-state index contributed by atoms with van der Waals surface area (Å²) >= 11 is 0. The lowest BCUT2D eigenvalue weighted by atomic mass is 9.82. The highest BCUT2D eigenvalue weighted by Crippen LogP contribution is 2.46. The number of nitrogens with one attached hydrogen (secondary N) is 2. The SMILES string of the molecule is CC[C@@]1(OC(=O)[C@@H](NC(=O)[C@@H]2CCCN2C(=O)[C@H](CC(N)=O)NC(=O)CN(C)CCN(C)CCN(C)CCN)C(C)C)C(=O)OCc2c1cc1n(c2=O)Cc2c-1nc1cc(F)c(C)c3c1c2[C@@H](N)CC3. The number of esters is 2. The van der Waals surface area contributed by atoms with Gasteiger partial charge in [0.25, 0.3) is 5.56 Å². The van der Waals surface area contributed by atoms with E-state index in [1.807, 2.05) is 14.1 Å². The highest BCUT2D eigenvalue weighted by Gasteiger charge is 2.52. The number of carbonyl (C=O) groups excluding carboxylic acids is 6. The molecule has 1 aliphatic carbocycles. The maximum atomic E-state index is 15.3. The van der Waals surface area contributed by atoms with Crippen LogP contribution in [0.5, 0.6) is 0 Å². The smallest absolute Gasteiger partial charge is 0.355 e. The number of primary amides is 1. The molecule has 3 aromatic rings. The summed E-state index contributed by atoms with van der Waals surface area (Å²) in [6.45, 7) is 10.7. The second-order valence-corrected chi connectivity index (χ2v) is 19.7. The molecule has 1 fully saturated rings. The molecule has 1 aromatic carbocycles. The summed E-state index contributed by atoms with van der Waals surface area (Å²) in [6, 6.07) is -1.19. The molecule has 4 amide bonds. The zero-order valence-electron chi connectivity index (χ0n) is 41.3. The summed E-state index contributed by atoms with van der Waals surface area (Å²) in [6.07, 6.45) is 1.13. The number of benzene rings is 1. The van der Waals surface area contributed by atoms with Crippen LogP contribution < -0.4 is 33.4 Å². The average molecular weight is 974 g/mol. The Labute approximate surface area is 406 Å². The van der Waals surface area contributed by atoms with Gasteiger partial charge in [0.2, 0.25) is 29.2 Å². The summed E-state index contributed by atoms with van der Waals surface area (Å²) in [7, 11) is 5.75. The Balaban J connectivity index is 1.08. The minimum Gasteiger partial charge on any atom is -0.457 e. The third kappa shape index (κ3) is 10.2. The molecule has 0 unspecified atom stereocenters. The van der Waals surface area contributed by atoms with Crippen molar-refractivity contribution in [1.82, 2.24) is 39.8 Å². The fourth-order valence-corrected chi connectivity index (χ4v) is 10.3. The van der Waals surface area contributed by atoms with Crippen molar-refractivity contribution in [1.29, 1.82) is 0 Å². The number of aryl methyl sites for hydroxylation is 1. The van der Waals surface area contributed by atoms with E-state index in [-0.39, 0.29) is 50.2 Å². The highest BCUT2D eigenvalue weighted by atomic mass is 19.1. The molecule has 1 saturated heterocycles. The number of aromatic nitrogens is 2. The minimum atomic E-state index is -2.11. The number of ether oxygens (including phenoxy) is 2. The second kappa shape index (κ2) is 21.2. The van der Waals surface area contributed by atoms with E-state index < -0.39 is 89.1 Å². The van der Waals surface area contributed by atoms with Crippen LogP contribution in [-0.4, -0.2) is 156 Å². The third-order valence-corrected chi connectivity index (χ3v) is 14.4. The fourth-order valence-electron chi connectivity index (χ4n) is 10.3. The average Bonchev–Trinajstić information content (AvgIpc) is 3.95. The van der Waals surface area contributed by atoms with Gasteiger partial charge >= 0.3 is 11.9 Å². The Hall–Kier alpha value is -5.87. The molecule has 0 spiro atoms. The van der Waals surface area contributed by atoms with Crippen LogP contribution in [-0.2, 0) is 63.4 Å². The lowest BCUT2D eigenvalue weighted by Crippen LogP contribution is -2.58. The van der Waals surface area contributed by atoms with Crippen molar-refractivity contribution in [2.45, 2.75) is 109 Å². The van der Waals surface area contributed by atoms with Gasteiger partial charge in [-0.2, -0.15) is 0 Å². The molecule has 5 atom stereocenters. The van der Waals surface area contributed by atoms with Gasteiger partial charge in [0, 0.05) is 74.4 Å². The topological polar surface area (TPSA) is 271 Å². The van der Waals surface area contributed by atoms with Crippen LogP contribution in [0.1, 0.15) is 92.3 Å². The van der Waals surface area contributed by atoms with Crippen LogP contribution >= 0.6 is 0 Å². The van der Waals surface area contributed by atoms with Crippen LogP contribution in [0.25, 0.3) is 22.3 Å². The van der Waals surface area contributed by atoms with E-state index in [1.165, 1.54) is 15.5 Å². The zero-order valence-corrected chi connectivity index (χ0v) is 41.3. The van der Waals surface area contributed by atoms with E-state index in [2.05, 4.69) is 20.4 Å². The molecule has 2 aromatic heterocycles. The summed E-state index contributed by atoms with van der Waals surface area (Å²) in [5.41, 5.74) is 19.6. The predicted octanol–water partition coefficient (Wildman–Crippen LogP) is 0.270. The molecule has 7 rings (SSSR count). The van der Waals surface area contributed by atoms with Crippen LogP contribution in [0.3, 0.4) is 0 Å². The number of nitrogens with two attached hydrogens (primary N) is 3. The van der Waals surface area contributed by atoms with E-state index in [0.717, 1.165) is 41.7 Å². The lowest BCUT2D eigenvalue weighted by molar-refractivity contribution is -0.191. The van der Waals surface area contributed by atoms with E-state index in [0.29, 0.717) is 61.4 Å². The molecular formula is C49H68FN11O9. The van der Waals surface area contributed by atoms with Crippen LogP contribution in [0.2, 0.25) is 0 Å². The number of amides is 4. The van der Waals surface area contributed by atoms with Gasteiger partial charge in [-0.05, 0) is 88.8 Å². The number of rotatable bonds is 20. The molecule has 20 nitrogen and oxygen atoms in total. The summed E-state index contributed by atoms with van der Waals surface area (Å²) in [5, 5.41) is 6.18. The number of carbonyl (C=O) groups is 6. The van der Waals surface area contributed by atoms with Crippen LogP contribution in [0, 0.1) is 18.7 Å². The van der Waals surface area contributed by atoms with Crippen molar-refractivity contribution in [2.24, 2.45) is 23.1 Å². The molecule has 4 aliphatic rings. The van der Waals surface area contributed by atoms with E-state index in [4.69, 9.17) is 31.7 Å².